The summed E-state index contributed by atoms with van der Waals surface area (Å²) in [7, 11) is -8.50. The van der Waals surface area contributed by atoms with E-state index in [1.54, 1.807) is 31.2 Å². The van der Waals surface area contributed by atoms with Gasteiger partial charge in [-0.05, 0) is 86.8 Å². The normalized spacial score (nSPS) is 12.3. The average Bonchev–Trinajstić information content (AvgIpc) is 3.39. The van der Waals surface area contributed by atoms with E-state index >= 15 is 0 Å². The number of aliphatic hydroxyl groups excluding tert-OH is 1. The van der Waals surface area contributed by atoms with Crippen LogP contribution >= 0.6 is 0 Å². The van der Waals surface area contributed by atoms with Gasteiger partial charge in [0.05, 0.1) is 26.9 Å². The van der Waals surface area contributed by atoms with Crippen LogP contribution in [-0.4, -0.2) is 53.0 Å². The summed E-state index contributed by atoms with van der Waals surface area (Å²) in [5.41, 5.74) is 5.96. The van der Waals surface area contributed by atoms with Crippen LogP contribution in [0, 0.1) is 13.8 Å². The van der Waals surface area contributed by atoms with Gasteiger partial charge in [0.25, 0.3) is 10.0 Å². The SMILES string of the molecule is CCc1nc2cc(C(C)O)ccc2n1-c1ccc(CCN(C(=O)[O-])S(=O)(=O)c2ccc(C)cc2)cc1.Cc1ccc(S(=O)(=O)[O-])cc1. The Bertz CT molecular complexity index is 2070. The molecule has 1 heterocycles. The van der Waals surface area contributed by atoms with Crippen molar-refractivity contribution in [1.82, 2.24) is 13.9 Å². The van der Waals surface area contributed by atoms with Crippen molar-refractivity contribution >= 4 is 37.3 Å². The zero-order valence-corrected chi connectivity index (χ0v) is 28.0. The number of hydrogen-bond acceptors (Lipinski definition) is 9. The highest BCUT2D eigenvalue weighted by Crippen LogP contribution is 2.26. The first kappa shape index (κ1) is 35.3. The van der Waals surface area contributed by atoms with Crippen LogP contribution in [0.2, 0.25) is 0 Å². The summed E-state index contributed by atoms with van der Waals surface area (Å²) in [6, 6.07) is 25.0. The largest absolute Gasteiger partial charge is 0.744 e. The molecule has 1 N–H and O–H groups in total. The fraction of sp³-hybridized carbons (Fsp3) is 0.235. The number of imidazole rings is 1. The number of fused-ring (bicyclic) bond motifs is 1. The second kappa shape index (κ2) is 14.5. The summed E-state index contributed by atoms with van der Waals surface area (Å²) < 4.78 is 59.3. The van der Waals surface area contributed by atoms with Gasteiger partial charge in [-0.3, -0.25) is 8.87 Å². The number of nitrogens with zero attached hydrogens (tertiary/aromatic N) is 3. The molecule has 1 amide bonds. The van der Waals surface area contributed by atoms with Crippen molar-refractivity contribution in [1.29, 1.82) is 0 Å². The molecule has 1 atom stereocenters. The highest BCUT2D eigenvalue weighted by molar-refractivity contribution is 7.89. The molecule has 0 bridgehead atoms. The first-order valence-electron chi connectivity index (χ1n) is 14.7. The molecule has 248 valence electrons. The summed E-state index contributed by atoms with van der Waals surface area (Å²) in [5, 5.41) is 21.6. The zero-order chi connectivity index (χ0) is 34.5. The summed E-state index contributed by atoms with van der Waals surface area (Å²) in [6.45, 7) is 7.12. The molecule has 4 aromatic carbocycles. The number of amides is 1. The Balaban J connectivity index is 0.000000385. The Hall–Kier alpha value is -4.56. The van der Waals surface area contributed by atoms with E-state index in [0.29, 0.717) is 10.7 Å². The van der Waals surface area contributed by atoms with Crippen LogP contribution in [0.5, 0.6) is 0 Å². The number of carbonyl (C=O) groups is 1. The molecule has 0 saturated heterocycles. The maximum atomic E-state index is 12.9. The van der Waals surface area contributed by atoms with Crippen molar-refractivity contribution in [3.8, 4) is 5.69 Å². The average molecular weight is 678 g/mol. The molecule has 0 spiro atoms. The molecule has 0 saturated carbocycles. The van der Waals surface area contributed by atoms with Crippen LogP contribution in [0.4, 0.5) is 4.79 Å². The molecule has 11 nitrogen and oxygen atoms in total. The van der Waals surface area contributed by atoms with E-state index in [0.717, 1.165) is 44.8 Å². The maximum Gasteiger partial charge on any atom is 0.265 e. The first-order valence-corrected chi connectivity index (χ1v) is 17.6. The minimum absolute atomic E-state index is 0.0921. The smallest absolute Gasteiger partial charge is 0.265 e. The van der Waals surface area contributed by atoms with Crippen LogP contribution in [0.15, 0.2) is 101 Å². The molecule has 0 fully saturated rings. The number of benzene rings is 4. The number of rotatable bonds is 9. The molecule has 47 heavy (non-hydrogen) atoms. The third kappa shape index (κ3) is 8.43. The van der Waals surface area contributed by atoms with E-state index in [4.69, 9.17) is 4.98 Å². The van der Waals surface area contributed by atoms with Crippen LogP contribution in [0.1, 0.15) is 48.0 Å². The monoisotopic (exact) mass is 677 g/mol. The molecule has 5 aromatic rings. The number of sulfonamides is 1. The van der Waals surface area contributed by atoms with Gasteiger partial charge >= 0.3 is 0 Å². The van der Waals surface area contributed by atoms with Gasteiger partial charge in [0.1, 0.15) is 15.9 Å². The van der Waals surface area contributed by atoms with Crippen molar-refractivity contribution in [2.45, 2.75) is 56.4 Å². The molecule has 0 aliphatic rings. The van der Waals surface area contributed by atoms with E-state index in [-0.39, 0.29) is 22.8 Å². The predicted molar refractivity (Wildman–Crippen MR) is 174 cm³/mol. The van der Waals surface area contributed by atoms with Crippen molar-refractivity contribution in [2.75, 3.05) is 6.54 Å². The van der Waals surface area contributed by atoms with Crippen molar-refractivity contribution in [2.24, 2.45) is 0 Å². The predicted octanol–water partition coefficient (Wildman–Crippen LogP) is 4.43. The fourth-order valence-electron chi connectivity index (χ4n) is 4.83. The fourth-order valence-corrected chi connectivity index (χ4v) is 6.56. The number of carboxylic acid groups (broad SMARTS) is 1. The summed E-state index contributed by atoms with van der Waals surface area (Å²) in [4.78, 5) is 16.1. The third-order valence-corrected chi connectivity index (χ3v) is 10.1. The lowest BCUT2D eigenvalue weighted by molar-refractivity contribution is -0.259. The van der Waals surface area contributed by atoms with Crippen LogP contribution < -0.4 is 5.11 Å². The van der Waals surface area contributed by atoms with Crippen LogP contribution in [0.3, 0.4) is 0 Å². The maximum absolute atomic E-state index is 12.9. The molecule has 5 rings (SSSR count). The van der Waals surface area contributed by atoms with Crippen molar-refractivity contribution in [3.05, 3.63) is 119 Å². The summed E-state index contributed by atoms with van der Waals surface area (Å²) in [6.07, 6.45) is -1.44. The lowest BCUT2D eigenvalue weighted by Gasteiger charge is -2.24. The number of hydrogen-bond donors (Lipinski definition) is 1. The highest BCUT2D eigenvalue weighted by Gasteiger charge is 2.24. The lowest BCUT2D eigenvalue weighted by Crippen LogP contribution is -2.45. The molecular weight excluding hydrogens is 643 g/mol. The number of aliphatic hydroxyl groups is 1. The lowest BCUT2D eigenvalue weighted by atomic mass is 10.1. The van der Waals surface area contributed by atoms with Crippen molar-refractivity contribution < 1.29 is 36.4 Å². The highest BCUT2D eigenvalue weighted by atomic mass is 32.2. The summed E-state index contributed by atoms with van der Waals surface area (Å²) >= 11 is 0. The van der Waals surface area contributed by atoms with Crippen LogP contribution in [0.25, 0.3) is 16.7 Å². The topological polar surface area (TPSA) is 173 Å². The van der Waals surface area contributed by atoms with E-state index in [1.807, 2.05) is 67.8 Å². The van der Waals surface area contributed by atoms with Gasteiger partial charge in [-0.1, -0.05) is 60.5 Å². The molecule has 0 radical (unpaired) electrons. The Kier molecular flexibility index (Phi) is 10.9. The molecule has 1 aromatic heterocycles. The first-order chi connectivity index (χ1) is 22.1. The van der Waals surface area contributed by atoms with Gasteiger partial charge < -0.3 is 19.6 Å². The Morgan fingerprint density at radius 2 is 1.43 bits per heavy atom. The van der Waals surface area contributed by atoms with Gasteiger partial charge in [-0.2, -0.15) is 0 Å². The van der Waals surface area contributed by atoms with E-state index in [1.165, 1.54) is 24.3 Å². The molecule has 0 aliphatic heterocycles. The Morgan fingerprint density at radius 3 is 1.91 bits per heavy atom. The second-order valence-electron chi connectivity index (χ2n) is 11.0. The Morgan fingerprint density at radius 1 is 0.872 bits per heavy atom. The number of aryl methyl sites for hydroxylation is 3. The van der Waals surface area contributed by atoms with Gasteiger partial charge in [0, 0.05) is 18.7 Å². The van der Waals surface area contributed by atoms with Gasteiger partial charge in [-0.15, -0.1) is 0 Å². The number of carbonyl (C=O) groups excluding carboxylic acids is 1. The van der Waals surface area contributed by atoms with E-state index in [2.05, 4.69) is 0 Å². The molecule has 1 unspecified atom stereocenters. The minimum atomic E-state index is -4.27. The second-order valence-corrected chi connectivity index (χ2v) is 14.2. The third-order valence-electron chi connectivity index (χ3n) is 7.47. The number of aromatic nitrogens is 2. The Labute approximate surface area is 274 Å². The summed E-state index contributed by atoms with van der Waals surface area (Å²) in [5.74, 6) is 0.868. The van der Waals surface area contributed by atoms with E-state index < -0.39 is 32.3 Å². The molecule has 13 heteroatoms. The van der Waals surface area contributed by atoms with Crippen LogP contribution in [-0.2, 0) is 33.0 Å². The van der Waals surface area contributed by atoms with Gasteiger partial charge in [0.2, 0.25) is 0 Å². The van der Waals surface area contributed by atoms with Crippen molar-refractivity contribution in [3.63, 3.8) is 0 Å². The molecular formula is C34H35N3O8S2-2. The quantitative estimate of drug-likeness (QED) is 0.222. The molecule has 0 aliphatic carbocycles. The minimum Gasteiger partial charge on any atom is -0.744 e. The zero-order valence-electron chi connectivity index (χ0n) is 26.3. The standard InChI is InChI=1S/C27H29N3O5S.C7H8O3S/c1-4-26-28-24-17-21(19(3)31)9-14-25(24)30(26)22-10-7-20(8-11-22)15-16-29(27(32)33)36(34,35)23-12-5-18(2)6-13-23;1-6-2-4-7(5-3-6)11(8,9)10/h5-14,17,19,31H,4,15-16H2,1-3H3,(H,32,33);2-5H,1H3,(H,8,9,10)/p-2. The van der Waals surface area contributed by atoms with Gasteiger partial charge in [0.15, 0.2) is 6.09 Å². The van der Waals surface area contributed by atoms with Gasteiger partial charge in [-0.25, -0.2) is 21.8 Å². The van der Waals surface area contributed by atoms with E-state index in [9.17, 15) is 36.4 Å².